The summed E-state index contributed by atoms with van der Waals surface area (Å²) in [5, 5.41) is 0. The minimum absolute atomic E-state index is 0.0961. The minimum atomic E-state index is 0.0961. The average Bonchev–Trinajstić information content (AvgIpc) is 3.36. The van der Waals surface area contributed by atoms with Crippen molar-refractivity contribution >= 4 is 5.91 Å². The standard InChI is InChI=1S/C23H29NO3/c1-16-18-13-20-21(27-11-10-26-20)14-19(18)23(8-4-5-9-23)15-24(16)22(25)12-17-6-2-3-7-17/h2,6,13-14,16-17H,3-5,7-12,15H2,1H3. The van der Waals surface area contributed by atoms with Crippen LogP contribution in [0.15, 0.2) is 24.3 Å². The van der Waals surface area contributed by atoms with Gasteiger partial charge >= 0.3 is 0 Å². The van der Waals surface area contributed by atoms with Crippen LogP contribution in [0.25, 0.3) is 0 Å². The molecule has 1 aromatic carbocycles. The molecule has 0 saturated heterocycles. The van der Waals surface area contributed by atoms with E-state index in [4.69, 9.17) is 9.47 Å². The first-order valence-electron chi connectivity index (χ1n) is 10.6. The van der Waals surface area contributed by atoms with Gasteiger partial charge in [-0.2, -0.15) is 0 Å². The fourth-order valence-corrected chi connectivity index (χ4v) is 5.62. The Labute approximate surface area is 161 Å². The zero-order valence-corrected chi connectivity index (χ0v) is 16.2. The maximum absolute atomic E-state index is 13.2. The van der Waals surface area contributed by atoms with Gasteiger partial charge in [0, 0.05) is 18.4 Å². The third-order valence-corrected chi connectivity index (χ3v) is 7.11. The van der Waals surface area contributed by atoms with Crippen LogP contribution in [-0.4, -0.2) is 30.6 Å². The minimum Gasteiger partial charge on any atom is -0.486 e. The van der Waals surface area contributed by atoms with Gasteiger partial charge in [0.2, 0.25) is 5.91 Å². The van der Waals surface area contributed by atoms with Crippen LogP contribution >= 0.6 is 0 Å². The number of fused-ring (bicyclic) bond motifs is 3. The molecule has 5 rings (SSSR count). The van der Waals surface area contributed by atoms with Crippen LogP contribution in [0.1, 0.15) is 69.0 Å². The SMILES string of the molecule is CC1c2cc3c(cc2C2(CCCC2)CN1C(=O)CC1C=CCC1)OCCO3. The summed E-state index contributed by atoms with van der Waals surface area (Å²) in [7, 11) is 0. The van der Waals surface area contributed by atoms with E-state index in [1.165, 1.54) is 36.8 Å². The molecular formula is C23H29NO3. The Kier molecular flexibility index (Phi) is 4.18. The number of carbonyl (C=O) groups excluding carboxylic acids is 1. The first-order valence-corrected chi connectivity index (χ1v) is 10.6. The van der Waals surface area contributed by atoms with Crippen LogP contribution in [0, 0.1) is 5.92 Å². The summed E-state index contributed by atoms with van der Waals surface area (Å²) in [5.41, 5.74) is 2.77. The van der Waals surface area contributed by atoms with E-state index in [9.17, 15) is 4.79 Å². The van der Waals surface area contributed by atoms with Gasteiger partial charge in [-0.3, -0.25) is 4.79 Å². The van der Waals surface area contributed by atoms with Crippen molar-refractivity contribution in [2.45, 2.75) is 63.3 Å². The van der Waals surface area contributed by atoms with E-state index in [-0.39, 0.29) is 11.5 Å². The first-order chi connectivity index (χ1) is 13.2. The highest BCUT2D eigenvalue weighted by Crippen LogP contribution is 2.52. The highest BCUT2D eigenvalue weighted by molar-refractivity contribution is 5.78. The lowest BCUT2D eigenvalue weighted by Gasteiger charge is -2.46. The van der Waals surface area contributed by atoms with E-state index >= 15 is 0 Å². The van der Waals surface area contributed by atoms with Gasteiger partial charge in [-0.05, 0) is 61.8 Å². The third kappa shape index (κ3) is 2.84. The Morgan fingerprint density at radius 1 is 1.19 bits per heavy atom. The number of carbonyl (C=O) groups is 1. The predicted molar refractivity (Wildman–Crippen MR) is 104 cm³/mol. The second-order valence-electron chi connectivity index (χ2n) is 8.74. The summed E-state index contributed by atoms with van der Waals surface area (Å²) < 4.78 is 11.7. The number of allylic oxidation sites excluding steroid dienone is 2. The lowest BCUT2D eigenvalue weighted by molar-refractivity contribution is -0.135. The van der Waals surface area contributed by atoms with Crippen LogP contribution < -0.4 is 9.47 Å². The number of rotatable bonds is 2. The summed E-state index contributed by atoms with van der Waals surface area (Å²) >= 11 is 0. The van der Waals surface area contributed by atoms with Gasteiger partial charge in [0.1, 0.15) is 13.2 Å². The molecule has 1 aromatic rings. The van der Waals surface area contributed by atoms with Crippen molar-refractivity contribution in [3.8, 4) is 11.5 Å². The zero-order chi connectivity index (χ0) is 18.4. The monoisotopic (exact) mass is 367 g/mol. The van der Waals surface area contributed by atoms with Crippen molar-refractivity contribution in [3.63, 3.8) is 0 Å². The molecular weight excluding hydrogens is 338 g/mol. The zero-order valence-electron chi connectivity index (χ0n) is 16.2. The summed E-state index contributed by atoms with van der Waals surface area (Å²) in [6, 6.07) is 4.48. The molecule has 144 valence electrons. The third-order valence-electron chi connectivity index (χ3n) is 7.11. The maximum atomic E-state index is 13.2. The van der Waals surface area contributed by atoms with E-state index in [0.717, 1.165) is 30.9 Å². The van der Waals surface area contributed by atoms with Crippen molar-refractivity contribution in [1.82, 2.24) is 4.90 Å². The van der Waals surface area contributed by atoms with Gasteiger partial charge in [-0.15, -0.1) is 0 Å². The van der Waals surface area contributed by atoms with E-state index in [2.05, 4.69) is 36.1 Å². The van der Waals surface area contributed by atoms with Crippen LogP contribution in [-0.2, 0) is 10.2 Å². The predicted octanol–water partition coefficient (Wildman–Crippen LogP) is 4.53. The molecule has 2 atom stereocenters. The molecule has 4 aliphatic rings. The number of amides is 1. The highest BCUT2D eigenvalue weighted by atomic mass is 16.6. The summed E-state index contributed by atoms with van der Waals surface area (Å²) in [5.74, 6) is 2.46. The first kappa shape index (κ1) is 17.2. The highest BCUT2D eigenvalue weighted by Gasteiger charge is 2.46. The molecule has 2 aliphatic carbocycles. The quantitative estimate of drug-likeness (QED) is 0.721. The Morgan fingerprint density at radius 3 is 2.63 bits per heavy atom. The lowest BCUT2D eigenvalue weighted by Crippen LogP contribution is -2.49. The fourth-order valence-electron chi connectivity index (χ4n) is 5.62. The number of ether oxygens (including phenoxy) is 2. The summed E-state index contributed by atoms with van der Waals surface area (Å²) in [4.78, 5) is 15.4. The molecule has 1 saturated carbocycles. The number of benzene rings is 1. The molecule has 0 radical (unpaired) electrons. The van der Waals surface area contributed by atoms with Gasteiger partial charge in [0.05, 0.1) is 6.04 Å². The molecule has 2 unspecified atom stereocenters. The molecule has 0 N–H and O–H groups in total. The molecule has 0 aromatic heterocycles. The van der Waals surface area contributed by atoms with E-state index in [1.807, 2.05) is 0 Å². The van der Waals surface area contributed by atoms with Gasteiger partial charge in [0.15, 0.2) is 11.5 Å². The summed E-state index contributed by atoms with van der Waals surface area (Å²) in [6.45, 7) is 4.25. The Morgan fingerprint density at radius 2 is 1.93 bits per heavy atom. The van der Waals surface area contributed by atoms with Crippen LogP contribution in [0.3, 0.4) is 0 Å². The van der Waals surface area contributed by atoms with Crippen molar-refractivity contribution in [2.24, 2.45) is 5.92 Å². The Hall–Kier alpha value is -1.97. The normalized spacial score (nSPS) is 27.8. The largest absolute Gasteiger partial charge is 0.486 e. The second kappa shape index (κ2) is 6.57. The molecule has 1 fully saturated rings. The summed E-state index contributed by atoms with van der Waals surface area (Å²) in [6.07, 6.45) is 12.2. The molecule has 4 nitrogen and oxygen atoms in total. The Bertz CT molecular complexity index is 778. The fraction of sp³-hybridized carbons (Fsp3) is 0.609. The van der Waals surface area contributed by atoms with E-state index < -0.39 is 0 Å². The van der Waals surface area contributed by atoms with Crippen LogP contribution in [0.5, 0.6) is 11.5 Å². The number of nitrogens with zero attached hydrogens (tertiary/aromatic N) is 1. The topological polar surface area (TPSA) is 38.8 Å². The van der Waals surface area contributed by atoms with Gasteiger partial charge < -0.3 is 14.4 Å². The molecule has 1 amide bonds. The number of hydrogen-bond donors (Lipinski definition) is 0. The molecule has 27 heavy (non-hydrogen) atoms. The molecule has 2 aliphatic heterocycles. The van der Waals surface area contributed by atoms with Gasteiger partial charge in [0.25, 0.3) is 0 Å². The van der Waals surface area contributed by atoms with Crippen LogP contribution in [0.2, 0.25) is 0 Å². The van der Waals surface area contributed by atoms with E-state index in [1.54, 1.807) is 0 Å². The molecule has 4 heteroatoms. The smallest absolute Gasteiger partial charge is 0.223 e. The van der Waals surface area contributed by atoms with Crippen molar-refractivity contribution < 1.29 is 14.3 Å². The van der Waals surface area contributed by atoms with Crippen molar-refractivity contribution in [2.75, 3.05) is 19.8 Å². The molecule has 1 spiro atoms. The maximum Gasteiger partial charge on any atom is 0.223 e. The molecule has 0 bridgehead atoms. The second-order valence-corrected chi connectivity index (χ2v) is 8.74. The average molecular weight is 367 g/mol. The van der Waals surface area contributed by atoms with Gasteiger partial charge in [-0.25, -0.2) is 0 Å². The lowest BCUT2D eigenvalue weighted by atomic mass is 9.71. The van der Waals surface area contributed by atoms with Crippen molar-refractivity contribution in [1.29, 1.82) is 0 Å². The van der Waals surface area contributed by atoms with E-state index in [0.29, 0.717) is 31.5 Å². The molecule has 2 heterocycles. The Balaban J connectivity index is 1.52. The number of hydrogen-bond acceptors (Lipinski definition) is 3. The van der Waals surface area contributed by atoms with Crippen LogP contribution in [0.4, 0.5) is 0 Å². The van der Waals surface area contributed by atoms with Crippen molar-refractivity contribution in [3.05, 3.63) is 35.4 Å². The van der Waals surface area contributed by atoms with Gasteiger partial charge in [-0.1, -0.05) is 25.0 Å².